The van der Waals surface area contributed by atoms with E-state index in [4.69, 9.17) is 23.2 Å². The fourth-order valence-corrected chi connectivity index (χ4v) is 3.38. The maximum Gasteiger partial charge on any atom is 0.252 e. The van der Waals surface area contributed by atoms with Gasteiger partial charge >= 0.3 is 0 Å². The number of rotatable bonds is 5. The smallest absolute Gasteiger partial charge is 0.252 e. The third-order valence-electron chi connectivity index (χ3n) is 4.78. The van der Waals surface area contributed by atoms with Crippen LogP contribution in [0.2, 0.25) is 10.0 Å². The first-order valence-electron chi connectivity index (χ1n) is 8.83. The van der Waals surface area contributed by atoms with Crippen LogP contribution in [0.15, 0.2) is 36.9 Å². The standard InChI is InChI=1S/C19H15Cl2N7O/c1-11(16-25-10-26-28(16)18-23-7-15(21)8-24-18)27-17(29)12-4-13(6-14(20)5-12)19(9-22)2-3-19/h4-8,10-11H,2-3H2,1H3,(H,27,29)/t11-/m0/s1. The van der Waals surface area contributed by atoms with Crippen LogP contribution in [-0.2, 0) is 5.41 Å². The van der Waals surface area contributed by atoms with E-state index in [1.807, 2.05) is 0 Å². The quantitative estimate of drug-likeness (QED) is 0.667. The molecule has 0 radical (unpaired) electrons. The lowest BCUT2D eigenvalue weighted by atomic mass is 9.95. The number of halogens is 2. The summed E-state index contributed by atoms with van der Waals surface area (Å²) in [5, 5.41) is 17.2. The van der Waals surface area contributed by atoms with Gasteiger partial charge in [-0.05, 0) is 43.5 Å². The van der Waals surface area contributed by atoms with Crippen molar-refractivity contribution in [1.29, 1.82) is 5.26 Å². The van der Waals surface area contributed by atoms with Gasteiger partial charge in [0.15, 0.2) is 5.82 Å². The second-order valence-corrected chi connectivity index (χ2v) is 7.72. The van der Waals surface area contributed by atoms with Gasteiger partial charge in [0.05, 0.1) is 34.9 Å². The topological polar surface area (TPSA) is 109 Å². The van der Waals surface area contributed by atoms with Crippen molar-refractivity contribution >= 4 is 29.1 Å². The van der Waals surface area contributed by atoms with Crippen molar-refractivity contribution < 1.29 is 4.79 Å². The highest BCUT2D eigenvalue weighted by molar-refractivity contribution is 6.31. The van der Waals surface area contributed by atoms with Gasteiger partial charge in [-0.3, -0.25) is 4.79 Å². The van der Waals surface area contributed by atoms with Crippen LogP contribution in [0.25, 0.3) is 5.95 Å². The zero-order chi connectivity index (χ0) is 20.6. The highest BCUT2D eigenvalue weighted by Crippen LogP contribution is 2.48. The minimum atomic E-state index is -0.530. The minimum Gasteiger partial charge on any atom is -0.342 e. The van der Waals surface area contributed by atoms with Crippen LogP contribution in [0.5, 0.6) is 0 Å². The fraction of sp³-hybridized carbons (Fsp3) is 0.263. The van der Waals surface area contributed by atoms with Gasteiger partial charge in [-0.2, -0.15) is 15.0 Å². The second kappa shape index (κ2) is 7.43. The van der Waals surface area contributed by atoms with Crippen LogP contribution in [0.1, 0.15) is 47.6 Å². The Labute approximate surface area is 176 Å². The Morgan fingerprint density at radius 1 is 1.21 bits per heavy atom. The first-order valence-corrected chi connectivity index (χ1v) is 9.58. The number of nitrogens with one attached hydrogen (secondary N) is 1. The zero-order valence-corrected chi connectivity index (χ0v) is 16.8. The summed E-state index contributed by atoms with van der Waals surface area (Å²) in [4.78, 5) is 25.3. The molecule has 0 spiro atoms. The monoisotopic (exact) mass is 427 g/mol. The van der Waals surface area contributed by atoms with Gasteiger partial charge in [0, 0.05) is 10.6 Å². The average molecular weight is 428 g/mol. The number of aromatic nitrogens is 5. The van der Waals surface area contributed by atoms with E-state index >= 15 is 0 Å². The Kier molecular flexibility index (Phi) is 4.94. The number of nitriles is 1. The third-order valence-corrected chi connectivity index (χ3v) is 5.20. The highest BCUT2D eigenvalue weighted by Gasteiger charge is 2.45. The van der Waals surface area contributed by atoms with E-state index < -0.39 is 11.5 Å². The molecule has 0 bridgehead atoms. The van der Waals surface area contributed by atoms with Gasteiger partial charge in [-0.1, -0.05) is 23.2 Å². The van der Waals surface area contributed by atoms with Gasteiger partial charge in [0.2, 0.25) is 0 Å². The summed E-state index contributed by atoms with van der Waals surface area (Å²) in [6.07, 6.45) is 5.80. The van der Waals surface area contributed by atoms with Crippen molar-refractivity contribution in [3.05, 3.63) is 63.9 Å². The number of hydrogen-bond donors (Lipinski definition) is 1. The zero-order valence-electron chi connectivity index (χ0n) is 15.3. The molecule has 4 rings (SSSR count). The van der Waals surface area contributed by atoms with E-state index in [1.165, 1.54) is 23.4 Å². The summed E-state index contributed by atoms with van der Waals surface area (Å²) in [6, 6.07) is 6.87. The molecule has 0 unspecified atom stereocenters. The first-order chi connectivity index (χ1) is 13.9. The number of hydrogen-bond acceptors (Lipinski definition) is 6. The molecular weight excluding hydrogens is 413 g/mol. The van der Waals surface area contributed by atoms with Crippen molar-refractivity contribution in [3.63, 3.8) is 0 Å². The van der Waals surface area contributed by atoms with Crippen LogP contribution in [0, 0.1) is 11.3 Å². The van der Waals surface area contributed by atoms with Crippen molar-refractivity contribution in [1.82, 2.24) is 30.0 Å². The van der Waals surface area contributed by atoms with Crippen molar-refractivity contribution in [2.45, 2.75) is 31.2 Å². The predicted molar refractivity (Wildman–Crippen MR) is 106 cm³/mol. The number of amides is 1. The minimum absolute atomic E-state index is 0.290. The average Bonchev–Trinajstić information content (AvgIpc) is 3.36. The van der Waals surface area contributed by atoms with Gasteiger partial charge in [-0.15, -0.1) is 0 Å². The van der Waals surface area contributed by atoms with E-state index in [0.29, 0.717) is 21.4 Å². The summed E-state index contributed by atoms with van der Waals surface area (Å²) >= 11 is 12.0. The van der Waals surface area contributed by atoms with Crippen LogP contribution in [0.4, 0.5) is 0 Å². The molecule has 1 atom stereocenters. The van der Waals surface area contributed by atoms with Gasteiger partial charge in [0.1, 0.15) is 6.33 Å². The van der Waals surface area contributed by atoms with Crippen LogP contribution < -0.4 is 5.32 Å². The molecule has 1 amide bonds. The first kappa shape index (κ1) is 19.3. The summed E-state index contributed by atoms with van der Waals surface area (Å²) < 4.78 is 1.43. The van der Waals surface area contributed by atoms with Crippen molar-refractivity contribution in [2.75, 3.05) is 0 Å². The van der Waals surface area contributed by atoms with E-state index in [0.717, 1.165) is 18.4 Å². The molecule has 2 heterocycles. The lowest BCUT2D eigenvalue weighted by Crippen LogP contribution is -2.29. The fourth-order valence-electron chi connectivity index (χ4n) is 3.05. The largest absolute Gasteiger partial charge is 0.342 e. The molecule has 1 fully saturated rings. The number of carbonyl (C=O) groups is 1. The van der Waals surface area contributed by atoms with Crippen LogP contribution >= 0.6 is 23.2 Å². The Morgan fingerprint density at radius 2 is 1.93 bits per heavy atom. The van der Waals surface area contributed by atoms with E-state index in [9.17, 15) is 10.1 Å². The molecular formula is C19H15Cl2N7O. The number of benzene rings is 1. The molecule has 10 heteroatoms. The Balaban J connectivity index is 1.57. The Bertz CT molecular complexity index is 1120. The maximum atomic E-state index is 12.8. The maximum absolute atomic E-state index is 12.8. The van der Waals surface area contributed by atoms with Gasteiger partial charge in [0.25, 0.3) is 11.9 Å². The molecule has 2 aromatic heterocycles. The normalized spacial score (nSPS) is 15.4. The molecule has 1 aliphatic rings. The molecule has 0 aliphatic heterocycles. The molecule has 1 saturated carbocycles. The lowest BCUT2D eigenvalue weighted by molar-refractivity contribution is 0.0937. The van der Waals surface area contributed by atoms with E-state index in [-0.39, 0.29) is 11.9 Å². The summed E-state index contributed by atoms with van der Waals surface area (Å²) in [5.74, 6) is 0.415. The van der Waals surface area contributed by atoms with Crippen molar-refractivity contribution in [3.8, 4) is 12.0 Å². The molecule has 29 heavy (non-hydrogen) atoms. The third kappa shape index (κ3) is 3.79. The SMILES string of the molecule is C[C@H](NC(=O)c1cc(Cl)cc(C2(C#N)CC2)c1)c1ncnn1-c1ncc(Cl)cn1. The highest BCUT2D eigenvalue weighted by atomic mass is 35.5. The summed E-state index contributed by atoms with van der Waals surface area (Å²) in [7, 11) is 0. The summed E-state index contributed by atoms with van der Waals surface area (Å²) in [6.45, 7) is 1.78. The summed E-state index contributed by atoms with van der Waals surface area (Å²) in [5.41, 5.74) is 0.621. The lowest BCUT2D eigenvalue weighted by Gasteiger charge is -2.15. The molecule has 0 saturated heterocycles. The van der Waals surface area contributed by atoms with E-state index in [2.05, 4.69) is 31.4 Å². The van der Waals surface area contributed by atoms with Gasteiger partial charge in [-0.25, -0.2) is 15.0 Å². The molecule has 146 valence electrons. The van der Waals surface area contributed by atoms with Crippen LogP contribution in [-0.4, -0.2) is 30.6 Å². The predicted octanol–water partition coefficient (Wildman–Crippen LogP) is 3.41. The second-order valence-electron chi connectivity index (χ2n) is 6.85. The van der Waals surface area contributed by atoms with E-state index in [1.54, 1.807) is 25.1 Å². The molecule has 1 N–H and O–H groups in total. The number of carbonyl (C=O) groups excluding carboxylic acids is 1. The molecule has 1 aromatic carbocycles. The van der Waals surface area contributed by atoms with Gasteiger partial charge < -0.3 is 5.32 Å². The Morgan fingerprint density at radius 3 is 2.59 bits per heavy atom. The molecule has 1 aliphatic carbocycles. The molecule has 8 nitrogen and oxygen atoms in total. The van der Waals surface area contributed by atoms with Crippen molar-refractivity contribution in [2.24, 2.45) is 0 Å². The Hall–Kier alpha value is -3.02. The van der Waals surface area contributed by atoms with Crippen LogP contribution in [0.3, 0.4) is 0 Å². The molecule has 3 aromatic rings. The number of nitrogens with zero attached hydrogens (tertiary/aromatic N) is 6.